The molecule has 19 heavy (non-hydrogen) atoms. The smallest absolute Gasteiger partial charge is 0.240 e. The molecule has 1 aromatic carbocycles. The molecule has 1 fully saturated rings. The average molecular weight is 290 g/mol. The summed E-state index contributed by atoms with van der Waals surface area (Å²) in [6.45, 7) is 0.315. The molecule has 0 spiro atoms. The Kier molecular flexibility index (Phi) is 3.77. The van der Waals surface area contributed by atoms with Crippen LogP contribution in [0.5, 0.6) is 0 Å². The molecule has 4 N–H and O–H groups in total. The van der Waals surface area contributed by atoms with Crippen molar-refractivity contribution in [1.82, 2.24) is 4.72 Å². The Hall–Kier alpha value is -1.22. The number of ether oxygens (including phenoxy) is 1. The zero-order valence-corrected chi connectivity index (χ0v) is 10.9. The number of sulfonamides is 1. The first-order valence-electron chi connectivity index (χ1n) is 5.67. The molecule has 1 atom stereocenters. The van der Waals surface area contributed by atoms with E-state index >= 15 is 0 Å². The summed E-state index contributed by atoms with van der Waals surface area (Å²) in [5, 5.41) is 9.96. The third kappa shape index (κ3) is 3.21. The molecular weight excluding hydrogens is 275 g/mol. The predicted octanol–water partition coefficient (Wildman–Crippen LogP) is -0.162. The van der Waals surface area contributed by atoms with Gasteiger partial charge in [0.1, 0.15) is 11.4 Å². The SMILES string of the molecule is Nc1cc(S(=O)(=O)NCC2(O)CCOC2)ccc1F. The summed E-state index contributed by atoms with van der Waals surface area (Å²) in [4.78, 5) is -0.145. The van der Waals surface area contributed by atoms with Crippen LogP contribution in [0.4, 0.5) is 10.1 Å². The van der Waals surface area contributed by atoms with Crippen molar-refractivity contribution >= 4 is 15.7 Å². The Morgan fingerprint density at radius 3 is 2.84 bits per heavy atom. The van der Waals surface area contributed by atoms with Crippen LogP contribution in [0.3, 0.4) is 0 Å². The minimum atomic E-state index is -3.84. The van der Waals surface area contributed by atoms with E-state index in [9.17, 15) is 17.9 Å². The van der Waals surface area contributed by atoms with Crippen LogP contribution >= 0.6 is 0 Å². The fourth-order valence-corrected chi connectivity index (χ4v) is 2.89. The quantitative estimate of drug-likeness (QED) is 0.669. The average Bonchev–Trinajstić information content (AvgIpc) is 2.78. The number of halogens is 1. The maximum atomic E-state index is 13.0. The lowest BCUT2D eigenvalue weighted by molar-refractivity contribution is 0.0314. The molecule has 1 heterocycles. The zero-order valence-electron chi connectivity index (χ0n) is 10.1. The molecule has 106 valence electrons. The molecule has 1 aliphatic rings. The van der Waals surface area contributed by atoms with Gasteiger partial charge in [-0.3, -0.25) is 0 Å². The molecule has 1 saturated heterocycles. The highest BCUT2D eigenvalue weighted by atomic mass is 32.2. The van der Waals surface area contributed by atoms with Crippen LogP contribution in [0.25, 0.3) is 0 Å². The number of hydrogen-bond donors (Lipinski definition) is 3. The Morgan fingerprint density at radius 1 is 1.53 bits per heavy atom. The lowest BCUT2D eigenvalue weighted by Crippen LogP contribution is -2.43. The molecule has 1 aliphatic heterocycles. The summed E-state index contributed by atoms with van der Waals surface area (Å²) in [7, 11) is -3.84. The second-order valence-electron chi connectivity index (χ2n) is 4.53. The van der Waals surface area contributed by atoms with Crippen molar-refractivity contribution in [2.75, 3.05) is 25.5 Å². The maximum Gasteiger partial charge on any atom is 0.240 e. The van der Waals surface area contributed by atoms with Crippen molar-refractivity contribution in [3.63, 3.8) is 0 Å². The Balaban J connectivity index is 2.11. The van der Waals surface area contributed by atoms with Crippen LogP contribution in [0.1, 0.15) is 6.42 Å². The molecule has 0 amide bonds. The summed E-state index contributed by atoms with van der Waals surface area (Å²) >= 11 is 0. The standard InChI is InChI=1S/C11H15FN2O4S/c12-9-2-1-8(5-10(9)13)19(16,17)14-6-11(15)3-4-18-7-11/h1-2,5,14-15H,3-4,6-7,13H2. The van der Waals surface area contributed by atoms with Gasteiger partial charge in [0, 0.05) is 19.6 Å². The van der Waals surface area contributed by atoms with Gasteiger partial charge in [-0.05, 0) is 18.2 Å². The largest absolute Gasteiger partial charge is 0.396 e. The fourth-order valence-electron chi connectivity index (χ4n) is 1.74. The number of nitrogen functional groups attached to an aromatic ring is 1. The summed E-state index contributed by atoms with van der Waals surface area (Å²) in [5.74, 6) is -0.679. The normalized spacial score (nSPS) is 23.7. The molecule has 1 aromatic rings. The van der Waals surface area contributed by atoms with E-state index in [2.05, 4.69) is 4.72 Å². The Morgan fingerprint density at radius 2 is 2.26 bits per heavy atom. The second kappa shape index (κ2) is 5.04. The first-order valence-corrected chi connectivity index (χ1v) is 7.16. The van der Waals surface area contributed by atoms with E-state index in [1.165, 1.54) is 0 Å². The van der Waals surface area contributed by atoms with Crippen molar-refractivity contribution in [1.29, 1.82) is 0 Å². The summed E-state index contributed by atoms with van der Waals surface area (Å²) in [6.07, 6.45) is 0.362. The van der Waals surface area contributed by atoms with Gasteiger partial charge in [-0.25, -0.2) is 17.5 Å². The summed E-state index contributed by atoms with van der Waals surface area (Å²) < 4.78 is 44.2. The Bertz CT molecular complexity index is 570. The van der Waals surface area contributed by atoms with E-state index in [0.29, 0.717) is 13.0 Å². The highest BCUT2D eigenvalue weighted by Crippen LogP contribution is 2.20. The molecule has 0 aromatic heterocycles. The number of rotatable bonds is 4. The van der Waals surface area contributed by atoms with E-state index < -0.39 is 21.4 Å². The highest BCUT2D eigenvalue weighted by Gasteiger charge is 2.33. The maximum absolute atomic E-state index is 13.0. The summed E-state index contributed by atoms with van der Waals surface area (Å²) in [5.41, 5.74) is 3.88. The number of aliphatic hydroxyl groups is 1. The van der Waals surface area contributed by atoms with Crippen LogP contribution < -0.4 is 10.5 Å². The second-order valence-corrected chi connectivity index (χ2v) is 6.30. The third-order valence-electron chi connectivity index (χ3n) is 2.95. The first-order chi connectivity index (χ1) is 8.82. The molecule has 8 heteroatoms. The lowest BCUT2D eigenvalue weighted by Gasteiger charge is -2.20. The molecule has 0 radical (unpaired) electrons. The van der Waals surface area contributed by atoms with Gasteiger partial charge in [0.15, 0.2) is 0 Å². The number of anilines is 1. The topological polar surface area (TPSA) is 102 Å². The van der Waals surface area contributed by atoms with Gasteiger partial charge in [0.05, 0.1) is 17.2 Å². The highest BCUT2D eigenvalue weighted by molar-refractivity contribution is 7.89. The van der Waals surface area contributed by atoms with Crippen LogP contribution in [0.2, 0.25) is 0 Å². The van der Waals surface area contributed by atoms with E-state index in [-0.39, 0.29) is 23.7 Å². The lowest BCUT2D eigenvalue weighted by atomic mass is 10.1. The van der Waals surface area contributed by atoms with E-state index in [0.717, 1.165) is 18.2 Å². The molecule has 6 nitrogen and oxygen atoms in total. The van der Waals surface area contributed by atoms with E-state index in [1.807, 2.05) is 0 Å². The number of nitrogens with one attached hydrogen (secondary N) is 1. The van der Waals surface area contributed by atoms with Crippen LogP contribution in [-0.4, -0.2) is 38.9 Å². The molecule has 0 aliphatic carbocycles. The van der Waals surface area contributed by atoms with E-state index in [1.54, 1.807) is 0 Å². The molecule has 2 rings (SSSR count). The van der Waals surface area contributed by atoms with Crippen LogP contribution in [-0.2, 0) is 14.8 Å². The van der Waals surface area contributed by atoms with Crippen molar-refractivity contribution in [2.24, 2.45) is 0 Å². The van der Waals surface area contributed by atoms with Crippen LogP contribution in [0, 0.1) is 5.82 Å². The van der Waals surface area contributed by atoms with E-state index in [4.69, 9.17) is 10.5 Å². The number of nitrogens with two attached hydrogens (primary N) is 1. The van der Waals surface area contributed by atoms with Gasteiger partial charge in [-0.2, -0.15) is 0 Å². The van der Waals surface area contributed by atoms with Gasteiger partial charge in [0.2, 0.25) is 10.0 Å². The molecule has 1 unspecified atom stereocenters. The number of benzene rings is 1. The molecular formula is C11H15FN2O4S. The van der Waals surface area contributed by atoms with Gasteiger partial charge < -0.3 is 15.6 Å². The predicted molar refractivity (Wildman–Crippen MR) is 66.4 cm³/mol. The van der Waals surface area contributed by atoms with Gasteiger partial charge in [-0.1, -0.05) is 0 Å². The minimum Gasteiger partial charge on any atom is -0.396 e. The van der Waals surface area contributed by atoms with Crippen LogP contribution in [0.15, 0.2) is 23.1 Å². The Labute approximate surface area is 110 Å². The minimum absolute atomic E-state index is 0.0844. The first kappa shape index (κ1) is 14.2. The fraction of sp³-hybridized carbons (Fsp3) is 0.455. The molecule has 0 saturated carbocycles. The van der Waals surface area contributed by atoms with Crippen molar-refractivity contribution < 1.29 is 22.7 Å². The van der Waals surface area contributed by atoms with Crippen molar-refractivity contribution in [3.05, 3.63) is 24.0 Å². The monoisotopic (exact) mass is 290 g/mol. The van der Waals surface area contributed by atoms with Gasteiger partial charge in [-0.15, -0.1) is 0 Å². The van der Waals surface area contributed by atoms with Crippen molar-refractivity contribution in [2.45, 2.75) is 16.9 Å². The van der Waals surface area contributed by atoms with Gasteiger partial charge in [0.25, 0.3) is 0 Å². The third-order valence-corrected chi connectivity index (χ3v) is 4.35. The van der Waals surface area contributed by atoms with Gasteiger partial charge >= 0.3 is 0 Å². The zero-order chi connectivity index (χ0) is 14.1. The molecule has 0 bridgehead atoms. The number of hydrogen-bond acceptors (Lipinski definition) is 5. The van der Waals surface area contributed by atoms with Crippen molar-refractivity contribution in [3.8, 4) is 0 Å². The summed E-state index contributed by atoms with van der Waals surface area (Å²) in [6, 6.07) is 3.13.